The molecule has 1 fully saturated rings. The topological polar surface area (TPSA) is 88.2 Å². The van der Waals surface area contributed by atoms with Crippen molar-refractivity contribution in [2.24, 2.45) is 0 Å². The van der Waals surface area contributed by atoms with E-state index in [0.717, 1.165) is 42.3 Å². The molecule has 0 saturated carbocycles. The van der Waals surface area contributed by atoms with Crippen LogP contribution in [0.1, 0.15) is 21.5 Å². The van der Waals surface area contributed by atoms with Crippen molar-refractivity contribution in [1.82, 2.24) is 14.5 Å². The molecular weight excluding hydrogens is 502 g/mol. The zero-order chi connectivity index (χ0) is 24.3. The van der Waals surface area contributed by atoms with Gasteiger partial charge in [0, 0.05) is 44.8 Å². The Morgan fingerprint density at radius 1 is 0.833 bits per heavy atom. The van der Waals surface area contributed by atoms with Crippen LogP contribution in [-0.4, -0.2) is 57.1 Å². The lowest BCUT2D eigenvalue weighted by atomic mass is 10.1. The molecule has 0 unspecified atom stereocenters. The number of hydrogen-bond acceptors (Lipinski definition) is 6. The molecule has 3 aromatic carbocycles. The van der Waals surface area contributed by atoms with Crippen LogP contribution in [0.2, 0.25) is 0 Å². The number of carbonyl (C=O) groups is 1. The lowest BCUT2D eigenvalue weighted by molar-refractivity contribution is 0.0628. The molecule has 8 nitrogen and oxygen atoms in total. The van der Waals surface area contributed by atoms with Gasteiger partial charge in [0.2, 0.25) is 16.8 Å². The summed E-state index contributed by atoms with van der Waals surface area (Å²) >= 11 is 0. The van der Waals surface area contributed by atoms with E-state index < -0.39 is 10.0 Å². The summed E-state index contributed by atoms with van der Waals surface area (Å²) in [5.74, 6) is 1.38. The van der Waals surface area contributed by atoms with Crippen LogP contribution >= 0.6 is 12.4 Å². The predicted molar refractivity (Wildman–Crippen MR) is 138 cm³/mol. The van der Waals surface area contributed by atoms with Gasteiger partial charge < -0.3 is 14.4 Å². The highest BCUT2D eigenvalue weighted by Gasteiger charge is 2.24. The molecule has 1 saturated heterocycles. The van der Waals surface area contributed by atoms with Gasteiger partial charge in [-0.25, -0.2) is 13.1 Å². The number of halogens is 1. The second-order valence-electron chi connectivity index (χ2n) is 8.59. The van der Waals surface area contributed by atoms with Crippen LogP contribution in [0.4, 0.5) is 0 Å². The van der Waals surface area contributed by atoms with Crippen LogP contribution < -0.4 is 14.2 Å². The number of nitrogens with one attached hydrogen (secondary N) is 1. The van der Waals surface area contributed by atoms with Crippen molar-refractivity contribution >= 4 is 28.3 Å². The first-order valence-corrected chi connectivity index (χ1v) is 13.0. The number of hydrogen-bond donors (Lipinski definition) is 1. The fourth-order valence-corrected chi connectivity index (χ4v) is 5.31. The normalized spacial score (nSPS) is 15.4. The number of piperazine rings is 1. The molecule has 0 bridgehead atoms. The molecule has 2 aliphatic rings. The van der Waals surface area contributed by atoms with Gasteiger partial charge in [-0.05, 0) is 41.5 Å². The van der Waals surface area contributed by atoms with Gasteiger partial charge in [0.1, 0.15) is 0 Å². The Kier molecular flexibility index (Phi) is 8.15. The summed E-state index contributed by atoms with van der Waals surface area (Å²) in [4.78, 5) is 17.3. The van der Waals surface area contributed by atoms with E-state index in [0.29, 0.717) is 18.7 Å². The monoisotopic (exact) mass is 529 g/mol. The van der Waals surface area contributed by atoms with Crippen molar-refractivity contribution in [3.63, 3.8) is 0 Å². The molecule has 5 rings (SSSR count). The number of rotatable bonds is 7. The molecule has 36 heavy (non-hydrogen) atoms. The van der Waals surface area contributed by atoms with Crippen LogP contribution in [0.5, 0.6) is 11.5 Å². The third-order valence-corrected chi connectivity index (χ3v) is 7.60. The second kappa shape index (κ2) is 11.3. The zero-order valence-corrected chi connectivity index (χ0v) is 21.3. The van der Waals surface area contributed by atoms with Gasteiger partial charge in [-0.15, -0.1) is 12.4 Å². The van der Waals surface area contributed by atoms with E-state index in [1.165, 1.54) is 12.1 Å². The first kappa shape index (κ1) is 26.0. The summed E-state index contributed by atoms with van der Waals surface area (Å²) in [6.07, 6.45) is 0. The van der Waals surface area contributed by atoms with Gasteiger partial charge in [-0.3, -0.25) is 9.69 Å². The Bertz CT molecular complexity index is 1310. The van der Waals surface area contributed by atoms with Crippen LogP contribution in [0.3, 0.4) is 0 Å². The van der Waals surface area contributed by atoms with Crippen molar-refractivity contribution in [2.75, 3.05) is 33.0 Å². The number of nitrogens with zero attached hydrogens (tertiary/aromatic N) is 2. The molecule has 0 aliphatic carbocycles. The van der Waals surface area contributed by atoms with Crippen LogP contribution in [-0.2, 0) is 23.1 Å². The number of ether oxygens (including phenoxy) is 2. The van der Waals surface area contributed by atoms with Crippen LogP contribution in [0.15, 0.2) is 77.7 Å². The van der Waals surface area contributed by atoms with Crippen molar-refractivity contribution in [3.8, 4) is 11.5 Å². The van der Waals surface area contributed by atoms with E-state index in [1.54, 1.807) is 17.0 Å². The number of benzene rings is 3. The van der Waals surface area contributed by atoms with Crippen molar-refractivity contribution in [1.29, 1.82) is 0 Å². The molecule has 1 amide bonds. The molecule has 2 heterocycles. The summed E-state index contributed by atoms with van der Waals surface area (Å²) in [6, 6.07) is 21.5. The zero-order valence-electron chi connectivity index (χ0n) is 19.6. The third kappa shape index (κ3) is 5.99. The first-order chi connectivity index (χ1) is 17.0. The highest BCUT2D eigenvalue weighted by Crippen LogP contribution is 2.32. The van der Waals surface area contributed by atoms with E-state index in [4.69, 9.17) is 9.47 Å². The highest BCUT2D eigenvalue weighted by molar-refractivity contribution is 7.89. The van der Waals surface area contributed by atoms with E-state index in [2.05, 4.69) is 9.62 Å². The summed E-state index contributed by atoms with van der Waals surface area (Å²) in [6.45, 7) is 3.82. The van der Waals surface area contributed by atoms with Gasteiger partial charge in [-0.2, -0.15) is 0 Å². The van der Waals surface area contributed by atoms with E-state index in [-0.39, 0.29) is 36.5 Å². The van der Waals surface area contributed by atoms with E-state index in [1.807, 2.05) is 48.5 Å². The standard InChI is InChI=1S/C26H27N3O5S.ClH/c30-26(22-7-4-8-23(16-22)35(31,32)27-17-20-5-2-1-3-6-20)29-13-11-28(12-14-29)18-21-9-10-24-25(15-21)34-19-33-24;/h1-10,15-16,27H,11-14,17-19H2;1H. The lowest BCUT2D eigenvalue weighted by Crippen LogP contribution is -2.48. The van der Waals surface area contributed by atoms with Gasteiger partial charge in [0.25, 0.3) is 5.91 Å². The number of sulfonamides is 1. The molecule has 190 valence electrons. The molecule has 0 atom stereocenters. The minimum absolute atomic E-state index is 0. The Morgan fingerprint density at radius 2 is 1.58 bits per heavy atom. The Hall–Kier alpha value is -3.11. The second-order valence-corrected chi connectivity index (χ2v) is 10.4. The Morgan fingerprint density at radius 3 is 2.36 bits per heavy atom. The average Bonchev–Trinajstić information content (AvgIpc) is 3.36. The summed E-state index contributed by atoms with van der Waals surface area (Å²) in [5.41, 5.74) is 2.37. The van der Waals surface area contributed by atoms with Gasteiger partial charge >= 0.3 is 0 Å². The maximum Gasteiger partial charge on any atom is 0.253 e. The van der Waals surface area contributed by atoms with Crippen molar-refractivity contribution in [2.45, 2.75) is 18.0 Å². The smallest absolute Gasteiger partial charge is 0.253 e. The van der Waals surface area contributed by atoms with Gasteiger partial charge in [0.05, 0.1) is 4.90 Å². The fourth-order valence-electron chi connectivity index (χ4n) is 4.24. The minimum atomic E-state index is -3.74. The Balaban J connectivity index is 0.00000304. The van der Waals surface area contributed by atoms with Crippen LogP contribution in [0.25, 0.3) is 0 Å². The van der Waals surface area contributed by atoms with Gasteiger partial charge in [0.15, 0.2) is 11.5 Å². The molecule has 0 radical (unpaired) electrons. The number of amides is 1. The number of carbonyl (C=O) groups excluding carboxylic acids is 1. The fraction of sp³-hybridized carbons (Fsp3) is 0.269. The maximum atomic E-state index is 13.1. The first-order valence-electron chi connectivity index (χ1n) is 11.5. The minimum Gasteiger partial charge on any atom is -0.454 e. The maximum absolute atomic E-state index is 13.1. The van der Waals surface area contributed by atoms with Gasteiger partial charge in [-0.1, -0.05) is 42.5 Å². The predicted octanol–water partition coefficient (Wildman–Crippen LogP) is 3.27. The quantitative estimate of drug-likeness (QED) is 0.505. The van der Waals surface area contributed by atoms with Crippen LogP contribution in [0, 0.1) is 0 Å². The lowest BCUT2D eigenvalue weighted by Gasteiger charge is -2.34. The highest BCUT2D eigenvalue weighted by atomic mass is 35.5. The Labute approximate surface area is 217 Å². The molecular formula is C26H28ClN3O5S. The molecule has 1 N–H and O–H groups in total. The molecule has 0 spiro atoms. The summed E-state index contributed by atoms with van der Waals surface area (Å²) < 4.78 is 39.0. The molecule has 2 aliphatic heterocycles. The third-order valence-electron chi connectivity index (χ3n) is 6.20. The summed E-state index contributed by atoms with van der Waals surface area (Å²) in [5, 5.41) is 0. The average molecular weight is 530 g/mol. The summed E-state index contributed by atoms with van der Waals surface area (Å²) in [7, 11) is -3.74. The molecule has 10 heteroatoms. The van der Waals surface area contributed by atoms with E-state index >= 15 is 0 Å². The molecule has 3 aromatic rings. The van der Waals surface area contributed by atoms with E-state index in [9.17, 15) is 13.2 Å². The van der Waals surface area contributed by atoms with Crippen molar-refractivity contribution < 1.29 is 22.7 Å². The number of fused-ring (bicyclic) bond motifs is 1. The SMILES string of the molecule is Cl.O=C(c1cccc(S(=O)(=O)NCc2ccccc2)c1)N1CCN(Cc2ccc3c(c2)OCO3)CC1. The van der Waals surface area contributed by atoms with Crippen molar-refractivity contribution in [3.05, 3.63) is 89.5 Å². The largest absolute Gasteiger partial charge is 0.454 e. The molecule has 0 aromatic heterocycles.